The number of aromatic nitrogens is 2. The lowest BCUT2D eigenvalue weighted by molar-refractivity contribution is 0.703. The summed E-state index contributed by atoms with van der Waals surface area (Å²) in [6.07, 6.45) is 5.10. The molecule has 1 heterocycles. The number of nitrogens with zero attached hydrogens (tertiary/aromatic N) is 2. The monoisotopic (exact) mass is 194 g/mol. The molecular formula is C10H14N2O2. The third kappa shape index (κ3) is 2.22. The Bertz CT molecular complexity index is 462. The molecule has 0 bridgehead atoms. The third-order valence-corrected chi connectivity index (χ3v) is 1.93. The molecular weight excluding hydrogens is 180 g/mol. The molecule has 0 N–H and O–H groups in total. The van der Waals surface area contributed by atoms with Crippen molar-refractivity contribution in [3.8, 4) is 0 Å². The average Bonchev–Trinajstić information content (AvgIpc) is 2.13. The molecule has 0 aliphatic carbocycles. The summed E-state index contributed by atoms with van der Waals surface area (Å²) in [6, 6.07) is 0. The summed E-state index contributed by atoms with van der Waals surface area (Å²) in [7, 11) is 1.56. The van der Waals surface area contributed by atoms with Crippen molar-refractivity contribution < 1.29 is 0 Å². The second-order valence-electron chi connectivity index (χ2n) is 3.45. The van der Waals surface area contributed by atoms with Gasteiger partial charge in [0.1, 0.15) is 0 Å². The van der Waals surface area contributed by atoms with Crippen LogP contribution in [0.2, 0.25) is 0 Å². The molecule has 0 atom stereocenters. The maximum Gasteiger partial charge on any atom is 0.316 e. The van der Waals surface area contributed by atoms with Crippen LogP contribution < -0.4 is 11.1 Å². The Morgan fingerprint density at radius 3 is 2.50 bits per heavy atom. The number of hydrogen-bond acceptors (Lipinski definition) is 2. The maximum absolute atomic E-state index is 11.4. The van der Waals surface area contributed by atoms with Crippen LogP contribution in [-0.4, -0.2) is 9.13 Å². The van der Waals surface area contributed by atoms with Gasteiger partial charge in [0.2, 0.25) is 0 Å². The van der Waals surface area contributed by atoms with E-state index < -0.39 is 11.1 Å². The van der Waals surface area contributed by atoms with Gasteiger partial charge in [-0.1, -0.05) is 11.6 Å². The lowest BCUT2D eigenvalue weighted by Crippen LogP contribution is -2.39. The topological polar surface area (TPSA) is 44.0 Å². The Morgan fingerprint density at radius 1 is 1.29 bits per heavy atom. The van der Waals surface area contributed by atoms with Gasteiger partial charge >= 0.3 is 11.1 Å². The number of allylic oxidation sites excluding steroid dienone is 2. The second-order valence-corrected chi connectivity index (χ2v) is 3.45. The fourth-order valence-corrected chi connectivity index (χ4v) is 1.01. The van der Waals surface area contributed by atoms with Crippen molar-refractivity contribution in [2.24, 2.45) is 7.05 Å². The highest BCUT2D eigenvalue weighted by Crippen LogP contribution is 1.89. The molecule has 0 saturated carbocycles. The molecule has 0 aliphatic heterocycles. The van der Waals surface area contributed by atoms with E-state index in [1.54, 1.807) is 19.4 Å². The summed E-state index contributed by atoms with van der Waals surface area (Å²) in [6.45, 7) is 4.36. The number of hydrogen-bond donors (Lipinski definition) is 0. The Hall–Kier alpha value is -1.58. The molecule has 0 amide bonds. The van der Waals surface area contributed by atoms with Crippen LogP contribution in [-0.2, 0) is 13.6 Å². The summed E-state index contributed by atoms with van der Waals surface area (Å²) in [5, 5.41) is 0. The van der Waals surface area contributed by atoms with E-state index in [-0.39, 0.29) is 0 Å². The first-order valence-electron chi connectivity index (χ1n) is 4.42. The molecule has 1 aromatic heterocycles. The van der Waals surface area contributed by atoms with Crippen molar-refractivity contribution in [2.75, 3.05) is 0 Å². The molecule has 1 aromatic rings. The Kier molecular flexibility index (Phi) is 3.06. The van der Waals surface area contributed by atoms with E-state index in [0.29, 0.717) is 6.54 Å². The van der Waals surface area contributed by atoms with Gasteiger partial charge in [0.05, 0.1) is 0 Å². The van der Waals surface area contributed by atoms with Crippen LogP contribution in [0.25, 0.3) is 0 Å². The summed E-state index contributed by atoms with van der Waals surface area (Å²) in [5.74, 6) is 0. The summed E-state index contributed by atoms with van der Waals surface area (Å²) < 4.78 is 2.68. The van der Waals surface area contributed by atoms with Crippen molar-refractivity contribution in [3.05, 3.63) is 44.8 Å². The highest BCUT2D eigenvalue weighted by atomic mass is 16.2. The van der Waals surface area contributed by atoms with Crippen molar-refractivity contribution in [1.82, 2.24) is 9.13 Å². The predicted molar refractivity (Wildman–Crippen MR) is 55.4 cm³/mol. The fourth-order valence-electron chi connectivity index (χ4n) is 1.01. The van der Waals surface area contributed by atoms with Crippen molar-refractivity contribution in [2.45, 2.75) is 20.4 Å². The summed E-state index contributed by atoms with van der Waals surface area (Å²) >= 11 is 0. The van der Waals surface area contributed by atoms with Gasteiger partial charge in [-0.3, -0.25) is 9.59 Å². The Morgan fingerprint density at radius 2 is 1.93 bits per heavy atom. The van der Waals surface area contributed by atoms with E-state index in [2.05, 4.69) is 0 Å². The van der Waals surface area contributed by atoms with E-state index >= 15 is 0 Å². The smallest absolute Gasteiger partial charge is 0.312 e. The standard InChI is InChI=1S/C10H14N2O2/c1-8(2)4-5-12-7-6-11(3)9(13)10(12)14/h4,6-7H,5H2,1-3H3. The molecule has 76 valence electrons. The quantitative estimate of drug-likeness (QED) is 0.508. The minimum absolute atomic E-state index is 0.456. The van der Waals surface area contributed by atoms with E-state index in [1.165, 1.54) is 9.13 Å². The van der Waals surface area contributed by atoms with Crippen LogP contribution in [0.1, 0.15) is 13.8 Å². The Balaban J connectivity index is 3.14. The first-order valence-corrected chi connectivity index (χ1v) is 4.42. The summed E-state index contributed by atoms with van der Waals surface area (Å²) in [4.78, 5) is 22.6. The SMILES string of the molecule is CC(C)=CCn1ccn(C)c(=O)c1=O. The average molecular weight is 194 g/mol. The van der Waals surface area contributed by atoms with Crippen LogP contribution >= 0.6 is 0 Å². The lowest BCUT2D eigenvalue weighted by atomic mass is 10.3. The molecule has 0 unspecified atom stereocenters. The zero-order valence-corrected chi connectivity index (χ0v) is 8.65. The minimum Gasteiger partial charge on any atom is -0.312 e. The van der Waals surface area contributed by atoms with Gasteiger partial charge in [0.25, 0.3) is 0 Å². The van der Waals surface area contributed by atoms with Crippen LogP contribution in [0.5, 0.6) is 0 Å². The largest absolute Gasteiger partial charge is 0.316 e. The van der Waals surface area contributed by atoms with Crippen LogP contribution in [0.4, 0.5) is 0 Å². The van der Waals surface area contributed by atoms with E-state index in [0.717, 1.165) is 5.57 Å². The van der Waals surface area contributed by atoms with Crippen LogP contribution in [0, 0.1) is 0 Å². The van der Waals surface area contributed by atoms with Crippen LogP contribution in [0.15, 0.2) is 33.6 Å². The summed E-state index contributed by atoms with van der Waals surface area (Å²) in [5.41, 5.74) is 0.153. The minimum atomic E-state index is -0.491. The zero-order valence-electron chi connectivity index (χ0n) is 8.65. The van der Waals surface area contributed by atoms with Gasteiger partial charge < -0.3 is 9.13 Å². The second kappa shape index (κ2) is 4.09. The molecule has 0 aliphatic rings. The van der Waals surface area contributed by atoms with Gasteiger partial charge in [-0.05, 0) is 13.8 Å². The first-order chi connectivity index (χ1) is 6.52. The van der Waals surface area contributed by atoms with Gasteiger partial charge in [0.15, 0.2) is 0 Å². The van der Waals surface area contributed by atoms with Gasteiger partial charge in [-0.25, -0.2) is 0 Å². The molecule has 0 saturated heterocycles. The Labute approximate surface area is 82.1 Å². The molecule has 0 aromatic carbocycles. The molecule has 4 heteroatoms. The van der Waals surface area contributed by atoms with Gasteiger partial charge in [-0.15, -0.1) is 0 Å². The molecule has 4 nitrogen and oxygen atoms in total. The maximum atomic E-state index is 11.4. The lowest BCUT2D eigenvalue weighted by Gasteiger charge is -2.02. The molecule has 0 spiro atoms. The van der Waals surface area contributed by atoms with Crippen molar-refractivity contribution in [3.63, 3.8) is 0 Å². The fraction of sp³-hybridized carbons (Fsp3) is 0.400. The van der Waals surface area contributed by atoms with E-state index in [4.69, 9.17) is 0 Å². The molecule has 14 heavy (non-hydrogen) atoms. The highest BCUT2D eigenvalue weighted by molar-refractivity contribution is 4.95. The molecule has 0 radical (unpaired) electrons. The van der Waals surface area contributed by atoms with Gasteiger partial charge in [0, 0.05) is 26.0 Å². The highest BCUT2D eigenvalue weighted by Gasteiger charge is 1.99. The number of aryl methyl sites for hydroxylation is 1. The molecule has 0 fully saturated rings. The number of rotatable bonds is 2. The third-order valence-electron chi connectivity index (χ3n) is 1.93. The van der Waals surface area contributed by atoms with Crippen LogP contribution in [0.3, 0.4) is 0 Å². The predicted octanol–water partition coefficient (Wildman–Crippen LogP) is 0.513. The molecule has 1 rings (SSSR count). The van der Waals surface area contributed by atoms with E-state index in [1.807, 2.05) is 19.9 Å². The van der Waals surface area contributed by atoms with Crippen molar-refractivity contribution in [1.29, 1.82) is 0 Å². The van der Waals surface area contributed by atoms with E-state index in [9.17, 15) is 9.59 Å². The zero-order chi connectivity index (χ0) is 10.7. The first kappa shape index (κ1) is 10.5. The van der Waals surface area contributed by atoms with Gasteiger partial charge in [-0.2, -0.15) is 0 Å². The normalized spacial score (nSPS) is 9.93. The van der Waals surface area contributed by atoms with Crippen molar-refractivity contribution >= 4 is 0 Å².